The van der Waals surface area contributed by atoms with Crippen LogP contribution in [0.5, 0.6) is 0 Å². The van der Waals surface area contributed by atoms with Gasteiger partial charge in [-0.25, -0.2) is 8.42 Å². The number of sulfonamides is 1. The zero-order valence-electron chi connectivity index (χ0n) is 15.4. The highest BCUT2D eigenvalue weighted by molar-refractivity contribution is 7.99. The molecule has 0 spiro atoms. The van der Waals surface area contributed by atoms with Gasteiger partial charge in [-0.15, -0.1) is 0 Å². The second-order valence-corrected chi connectivity index (χ2v) is 10.0. The van der Waals surface area contributed by atoms with Crippen molar-refractivity contribution in [2.45, 2.75) is 24.7 Å². The summed E-state index contributed by atoms with van der Waals surface area (Å²) in [6.07, 6.45) is 1.41. The van der Waals surface area contributed by atoms with Gasteiger partial charge < -0.3 is 10.2 Å². The Morgan fingerprint density at radius 3 is 2.41 bits per heavy atom. The molecule has 2 aliphatic heterocycles. The lowest BCUT2D eigenvalue weighted by Crippen LogP contribution is -2.48. The SMILES string of the molecule is CC(=O)Nc1ccc(S(=O)(=O)N2CCC[C@H](C(=O)N3CCSCC3)C2)cc1. The predicted molar refractivity (Wildman–Crippen MR) is 106 cm³/mol. The van der Waals surface area contributed by atoms with E-state index in [0.29, 0.717) is 18.7 Å². The van der Waals surface area contributed by atoms with E-state index in [1.165, 1.54) is 23.4 Å². The summed E-state index contributed by atoms with van der Waals surface area (Å²) in [6.45, 7) is 3.55. The van der Waals surface area contributed by atoms with Crippen LogP contribution in [0.2, 0.25) is 0 Å². The van der Waals surface area contributed by atoms with E-state index in [-0.39, 0.29) is 29.2 Å². The van der Waals surface area contributed by atoms with E-state index < -0.39 is 10.0 Å². The zero-order valence-corrected chi connectivity index (χ0v) is 17.0. The molecule has 0 radical (unpaired) electrons. The molecule has 0 bridgehead atoms. The van der Waals surface area contributed by atoms with Crippen molar-refractivity contribution >= 4 is 39.3 Å². The number of benzene rings is 1. The molecule has 0 unspecified atom stereocenters. The molecule has 2 amide bonds. The van der Waals surface area contributed by atoms with Gasteiger partial charge in [-0.05, 0) is 37.1 Å². The number of hydrogen-bond donors (Lipinski definition) is 1. The predicted octanol–water partition coefficient (Wildman–Crippen LogP) is 1.62. The van der Waals surface area contributed by atoms with Crippen molar-refractivity contribution in [3.63, 3.8) is 0 Å². The summed E-state index contributed by atoms with van der Waals surface area (Å²) in [5.41, 5.74) is 0.552. The lowest BCUT2D eigenvalue weighted by atomic mass is 9.98. The molecule has 7 nitrogen and oxygen atoms in total. The minimum Gasteiger partial charge on any atom is -0.341 e. The van der Waals surface area contributed by atoms with Gasteiger partial charge in [0.05, 0.1) is 10.8 Å². The van der Waals surface area contributed by atoms with E-state index in [1.807, 2.05) is 16.7 Å². The molecule has 0 saturated carbocycles. The number of amides is 2. The fraction of sp³-hybridized carbons (Fsp3) is 0.556. The number of nitrogens with zero attached hydrogens (tertiary/aromatic N) is 2. The van der Waals surface area contributed by atoms with Crippen LogP contribution in [0.3, 0.4) is 0 Å². The maximum absolute atomic E-state index is 13.0. The Hall–Kier alpha value is -1.58. The van der Waals surface area contributed by atoms with Gasteiger partial charge in [-0.3, -0.25) is 9.59 Å². The maximum Gasteiger partial charge on any atom is 0.243 e. The van der Waals surface area contributed by atoms with Crippen LogP contribution < -0.4 is 5.32 Å². The van der Waals surface area contributed by atoms with Crippen molar-refractivity contribution in [1.82, 2.24) is 9.21 Å². The Morgan fingerprint density at radius 1 is 1.11 bits per heavy atom. The van der Waals surface area contributed by atoms with Crippen molar-refractivity contribution in [2.75, 3.05) is 43.0 Å². The molecular formula is C18H25N3O4S2. The number of thioether (sulfide) groups is 1. The zero-order chi connectivity index (χ0) is 19.4. The summed E-state index contributed by atoms with van der Waals surface area (Å²) in [6, 6.07) is 6.14. The molecule has 0 aromatic heterocycles. The van der Waals surface area contributed by atoms with Crippen molar-refractivity contribution in [2.24, 2.45) is 5.92 Å². The number of carbonyl (C=O) groups is 2. The van der Waals surface area contributed by atoms with Gasteiger partial charge in [0.25, 0.3) is 0 Å². The first-order valence-electron chi connectivity index (χ1n) is 9.12. The molecule has 27 heavy (non-hydrogen) atoms. The Balaban J connectivity index is 1.70. The van der Waals surface area contributed by atoms with Crippen LogP contribution in [-0.2, 0) is 19.6 Å². The van der Waals surface area contributed by atoms with Crippen molar-refractivity contribution < 1.29 is 18.0 Å². The van der Waals surface area contributed by atoms with Crippen LogP contribution >= 0.6 is 11.8 Å². The first-order valence-corrected chi connectivity index (χ1v) is 11.7. The second kappa shape index (κ2) is 8.62. The first-order chi connectivity index (χ1) is 12.9. The van der Waals surface area contributed by atoms with Gasteiger partial charge in [0.1, 0.15) is 0 Å². The average Bonchev–Trinajstić information content (AvgIpc) is 2.68. The summed E-state index contributed by atoms with van der Waals surface area (Å²) >= 11 is 1.84. The van der Waals surface area contributed by atoms with E-state index in [1.54, 1.807) is 12.1 Å². The summed E-state index contributed by atoms with van der Waals surface area (Å²) in [5.74, 6) is 1.49. The van der Waals surface area contributed by atoms with Gasteiger partial charge >= 0.3 is 0 Å². The average molecular weight is 412 g/mol. The molecule has 2 saturated heterocycles. The number of rotatable bonds is 4. The van der Waals surface area contributed by atoms with Gasteiger partial charge in [-0.2, -0.15) is 16.1 Å². The second-order valence-electron chi connectivity index (χ2n) is 6.85. The van der Waals surface area contributed by atoms with Crippen molar-refractivity contribution in [3.8, 4) is 0 Å². The van der Waals surface area contributed by atoms with Gasteiger partial charge in [0.15, 0.2) is 0 Å². The number of nitrogens with one attached hydrogen (secondary N) is 1. The van der Waals surface area contributed by atoms with Crippen LogP contribution in [0.15, 0.2) is 29.2 Å². The Labute approximate surface area is 164 Å². The Morgan fingerprint density at radius 2 is 1.78 bits per heavy atom. The summed E-state index contributed by atoms with van der Waals surface area (Å²) < 4.78 is 27.4. The van der Waals surface area contributed by atoms with Gasteiger partial charge in [0.2, 0.25) is 21.8 Å². The van der Waals surface area contributed by atoms with Crippen molar-refractivity contribution in [3.05, 3.63) is 24.3 Å². The van der Waals surface area contributed by atoms with E-state index in [2.05, 4.69) is 5.32 Å². The molecular weight excluding hydrogens is 386 g/mol. The lowest BCUT2D eigenvalue weighted by Gasteiger charge is -2.35. The molecule has 3 rings (SSSR count). The standard InChI is InChI=1S/C18H25N3O4S2/c1-14(22)19-16-4-6-17(7-5-16)27(24,25)21-8-2-3-15(13-21)18(23)20-9-11-26-12-10-20/h4-7,15H,2-3,8-13H2,1H3,(H,19,22)/t15-/m0/s1. The quantitative estimate of drug-likeness (QED) is 0.814. The Kier molecular flexibility index (Phi) is 6.44. The van der Waals surface area contributed by atoms with Crippen LogP contribution in [0.1, 0.15) is 19.8 Å². The smallest absolute Gasteiger partial charge is 0.243 e. The topological polar surface area (TPSA) is 86.8 Å². The number of piperidine rings is 1. The molecule has 2 heterocycles. The third-order valence-corrected chi connectivity index (χ3v) is 7.69. The van der Waals surface area contributed by atoms with Gasteiger partial charge in [0, 0.05) is 50.3 Å². The highest BCUT2D eigenvalue weighted by Gasteiger charge is 2.35. The minimum atomic E-state index is -3.66. The molecule has 2 fully saturated rings. The number of hydrogen-bond acceptors (Lipinski definition) is 5. The highest BCUT2D eigenvalue weighted by atomic mass is 32.2. The fourth-order valence-corrected chi connectivity index (χ4v) is 5.89. The largest absolute Gasteiger partial charge is 0.341 e. The third-order valence-electron chi connectivity index (χ3n) is 4.87. The highest BCUT2D eigenvalue weighted by Crippen LogP contribution is 2.26. The monoisotopic (exact) mass is 411 g/mol. The summed E-state index contributed by atoms with van der Waals surface area (Å²) in [5, 5.41) is 2.62. The molecule has 0 aliphatic carbocycles. The first kappa shape index (κ1) is 20.2. The Bertz CT molecular complexity index is 789. The van der Waals surface area contributed by atoms with E-state index in [4.69, 9.17) is 0 Å². The molecule has 1 N–H and O–H groups in total. The van der Waals surface area contributed by atoms with Crippen LogP contribution in [-0.4, -0.2) is 67.1 Å². The van der Waals surface area contributed by atoms with Crippen LogP contribution in [0.25, 0.3) is 0 Å². The number of carbonyl (C=O) groups excluding carboxylic acids is 2. The minimum absolute atomic E-state index is 0.0798. The molecule has 148 valence electrons. The van der Waals surface area contributed by atoms with Crippen molar-refractivity contribution in [1.29, 1.82) is 0 Å². The van der Waals surface area contributed by atoms with Crippen LogP contribution in [0.4, 0.5) is 5.69 Å². The van der Waals surface area contributed by atoms with E-state index >= 15 is 0 Å². The molecule has 1 aromatic carbocycles. The summed E-state index contributed by atoms with van der Waals surface area (Å²) in [4.78, 5) is 25.9. The molecule has 2 aliphatic rings. The molecule has 1 atom stereocenters. The van der Waals surface area contributed by atoms with E-state index in [0.717, 1.165) is 31.0 Å². The lowest BCUT2D eigenvalue weighted by molar-refractivity contribution is -0.136. The maximum atomic E-state index is 13.0. The third kappa shape index (κ3) is 4.83. The van der Waals surface area contributed by atoms with Crippen LogP contribution in [0, 0.1) is 5.92 Å². The van der Waals surface area contributed by atoms with Gasteiger partial charge in [-0.1, -0.05) is 0 Å². The fourth-order valence-electron chi connectivity index (χ4n) is 3.47. The van der Waals surface area contributed by atoms with E-state index in [9.17, 15) is 18.0 Å². The number of anilines is 1. The summed E-state index contributed by atoms with van der Waals surface area (Å²) in [7, 11) is -3.66. The molecule has 1 aromatic rings. The molecule has 9 heteroatoms. The normalized spacial score (nSPS) is 21.7.